The molecule has 3 aliphatic heterocycles. The van der Waals surface area contributed by atoms with Crippen LogP contribution in [-0.4, -0.2) is 215 Å². The molecule has 3 aliphatic rings. The molecule has 14 N–H and O–H groups in total. The molecule has 0 saturated carbocycles. The van der Waals surface area contributed by atoms with Gasteiger partial charge >= 0.3 is 5.97 Å². The van der Waals surface area contributed by atoms with Gasteiger partial charge in [-0.15, -0.1) is 0 Å². The zero-order valence-electron chi connectivity index (χ0n) is 52.9. The van der Waals surface area contributed by atoms with E-state index < -0.39 is 148 Å². The number of hydrogen-bond donors (Lipinski definition) is 14. The molecule has 18 unspecified atom stereocenters. The predicted molar refractivity (Wildman–Crippen MR) is 325 cm³/mol. The van der Waals surface area contributed by atoms with Gasteiger partial charge in [0.25, 0.3) is 5.79 Å². The summed E-state index contributed by atoms with van der Waals surface area (Å²) in [6.07, 6.45) is 12.2. The first-order chi connectivity index (χ1) is 41.9. The van der Waals surface area contributed by atoms with E-state index in [9.17, 15) is 75.7 Å². The summed E-state index contributed by atoms with van der Waals surface area (Å²) in [6.45, 7) is 2.19. The summed E-state index contributed by atoms with van der Waals surface area (Å²) in [6, 6.07) is -2.53. The minimum absolute atomic E-state index is 0.220. The van der Waals surface area contributed by atoms with Crippen LogP contribution in [0.2, 0.25) is 0 Å². The number of allylic oxidation sites excluding steroid dienone is 2. The molecule has 3 heterocycles. The maximum absolute atomic E-state index is 13.4. The Labute approximate surface area is 518 Å². The molecule has 3 rings (SSSR count). The number of unbranched alkanes of at least 4 members (excludes halogenated alkanes) is 28. The number of hydrogen-bond acceptors (Lipinski definition) is 20. The standard InChI is InChI=1S/C64H118N2O21/c1-4-6-8-10-12-14-16-18-20-21-22-23-24-26-28-30-32-34-36-38-51(74)66-45(46(71)37-35-33-31-29-27-25-19-17-15-13-11-9-7-5-2)43-82-61-56(78)55(77)58(50(42-69)84-61)85-62-57(79)60(54(76)49(41-68)83-62)87-64(63(80)81)39-47(72)52(65-44(3)70)59(86-64)53(75)48(73)40-67/h21-22,45-50,52-62,67-69,71-73,75-79H,4-20,23-43H2,1-3H3,(H,65,70)(H,66,74)(H,80,81)/b22-21-. The SMILES string of the molecule is CCCCCCCCCC/C=C\CCCCCCCCCC(=O)NC(COC1OC(CO)C(OC2OC(CO)C(O)C(OC3(C(=O)O)CC(O)C(NC(C)=O)C(C(O)C(O)CO)O3)C2O)C(O)C1O)C(O)CCCCCCCCCCCCCCCC. The van der Waals surface area contributed by atoms with Crippen LogP contribution >= 0.6 is 0 Å². The lowest BCUT2D eigenvalue weighted by Gasteiger charge is -2.50. The highest BCUT2D eigenvalue weighted by atomic mass is 16.8. The molecule has 0 radical (unpaired) electrons. The average molecular weight is 1250 g/mol. The molecule has 87 heavy (non-hydrogen) atoms. The molecule has 0 aromatic carbocycles. The lowest BCUT2D eigenvalue weighted by atomic mass is 9.88. The Morgan fingerprint density at radius 1 is 0.586 bits per heavy atom. The third-order valence-electron chi connectivity index (χ3n) is 17.2. The molecule has 23 nitrogen and oxygen atoms in total. The quantitative estimate of drug-likeness (QED) is 0.0278. The maximum Gasteiger partial charge on any atom is 0.364 e. The van der Waals surface area contributed by atoms with E-state index in [-0.39, 0.29) is 18.9 Å². The van der Waals surface area contributed by atoms with Crippen LogP contribution in [0.5, 0.6) is 0 Å². The molecular weight excluding hydrogens is 1130 g/mol. The number of aliphatic hydroxyl groups is 11. The van der Waals surface area contributed by atoms with Crippen LogP contribution in [0.25, 0.3) is 0 Å². The van der Waals surface area contributed by atoms with E-state index in [4.69, 9.17) is 28.4 Å². The summed E-state index contributed by atoms with van der Waals surface area (Å²) in [5.41, 5.74) is 0. The third kappa shape index (κ3) is 28.9. The number of aliphatic hydroxyl groups excluding tert-OH is 11. The maximum atomic E-state index is 13.4. The van der Waals surface area contributed by atoms with E-state index in [0.717, 1.165) is 84.0 Å². The molecule has 0 spiro atoms. The molecule has 0 aromatic heterocycles. The molecule has 3 fully saturated rings. The second-order valence-corrected chi connectivity index (χ2v) is 24.7. The lowest BCUT2D eigenvalue weighted by Crippen LogP contribution is -2.70. The Morgan fingerprint density at radius 2 is 1.07 bits per heavy atom. The summed E-state index contributed by atoms with van der Waals surface area (Å²) in [4.78, 5) is 38.5. The van der Waals surface area contributed by atoms with E-state index in [1.807, 2.05) is 0 Å². The Hall–Kier alpha value is -2.53. The number of carbonyl (C=O) groups excluding carboxylic acids is 2. The van der Waals surface area contributed by atoms with Crippen LogP contribution in [0.4, 0.5) is 0 Å². The molecular formula is C64H118N2O21. The first-order valence-electron chi connectivity index (χ1n) is 33.5. The van der Waals surface area contributed by atoms with Crippen LogP contribution in [0.15, 0.2) is 12.2 Å². The molecule has 3 saturated heterocycles. The normalized spacial score (nSPS) is 29.2. The highest BCUT2D eigenvalue weighted by Crippen LogP contribution is 2.39. The highest BCUT2D eigenvalue weighted by Gasteiger charge is 2.60. The first-order valence-corrected chi connectivity index (χ1v) is 33.5. The van der Waals surface area contributed by atoms with Gasteiger partial charge in [0.1, 0.15) is 67.1 Å². The number of carbonyl (C=O) groups is 3. The van der Waals surface area contributed by atoms with Crippen LogP contribution in [0.1, 0.15) is 239 Å². The fourth-order valence-corrected chi connectivity index (χ4v) is 11.8. The Bertz CT molecular complexity index is 1820. The number of ether oxygens (including phenoxy) is 6. The summed E-state index contributed by atoms with van der Waals surface area (Å²) < 4.78 is 34.8. The van der Waals surface area contributed by atoms with Crippen LogP contribution in [0, 0.1) is 0 Å². The number of rotatable bonds is 50. The van der Waals surface area contributed by atoms with Crippen molar-refractivity contribution in [2.45, 2.75) is 349 Å². The van der Waals surface area contributed by atoms with Gasteiger partial charge in [0.2, 0.25) is 11.8 Å². The monoisotopic (exact) mass is 1250 g/mol. The Morgan fingerprint density at radius 3 is 1.55 bits per heavy atom. The second-order valence-electron chi connectivity index (χ2n) is 24.7. The first kappa shape index (κ1) is 78.7. The highest BCUT2D eigenvalue weighted by molar-refractivity contribution is 5.77. The molecule has 0 aromatic rings. The van der Waals surface area contributed by atoms with Crippen LogP contribution < -0.4 is 10.6 Å². The van der Waals surface area contributed by atoms with Crippen molar-refractivity contribution in [2.75, 3.05) is 26.4 Å². The number of carboxylic acid groups (broad SMARTS) is 1. The van der Waals surface area contributed by atoms with E-state index in [1.54, 1.807) is 0 Å². The van der Waals surface area contributed by atoms with Gasteiger partial charge in [-0.25, -0.2) is 4.79 Å². The van der Waals surface area contributed by atoms with E-state index in [2.05, 4.69) is 36.6 Å². The van der Waals surface area contributed by atoms with Gasteiger partial charge < -0.3 is 100 Å². The van der Waals surface area contributed by atoms with Crippen molar-refractivity contribution in [2.24, 2.45) is 0 Å². The van der Waals surface area contributed by atoms with Crippen LogP contribution in [0.3, 0.4) is 0 Å². The molecule has 18 atom stereocenters. The topological polar surface area (TPSA) is 373 Å². The second kappa shape index (κ2) is 45.7. The van der Waals surface area contributed by atoms with Crippen molar-refractivity contribution in [1.82, 2.24) is 10.6 Å². The predicted octanol–water partition coefficient (Wildman–Crippen LogP) is 5.12. The molecule has 2 amide bonds. The van der Waals surface area contributed by atoms with Gasteiger partial charge in [-0.1, -0.05) is 193 Å². The fraction of sp³-hybridized carbons (Fsp3) is 0.922. The van der Waals surface area contributed by atoms with Gasteiger partial charge in [0, 0.05) is 19.8 Å². The van der Waals surface area contributed by atoms with Gasteiger partial charge in [0.05, 0.1) is 50.7 Å². The zero-order chi connectivity index (χ0) is 64.0. The molecule has 0 bridgehead atoms. The summed E-state index contributed by atoms with van der Waals surface area (Å²) in [5, 5.41) is 136. The van der Waals surface area contributed by atoms with Crippen molar-refractivity contribution in [3.05, 3.63) is 12.2 Å². The van der Waals surface area contributed by atoms with Crippen molar-refractivity contribution in [1.29, 1.82) is 0 Å². The summed E-state index contributed by atoms with van der Waals surface area (Å²) in [5.74, 6) is -6.10. The largest absolute Gasteiger partial charge is 0.477 e. The smallest absolute Gasteiger partial charge is 0.364 e. The van der Waals surface area contributed by atoms with E-state index in [0.29, 0.717) is 19.3 Å². The Balaban J connectivity index is 1.61. The lowest BCUT2D eigenvalue weighted by molar-refractivity contribution is -0.386. The van der Waals surface area contributed by atoms with Crippen molar-refractivity contribution >= 4 is 17.8 Å². The summed E-state index contributed by atoms with van der Waals surface area (Å²) >= 11 is 0. The van der Waals surface area contributed by atoms with Gasteiger partial charge in [-0.2, -0.15) is 0 Å². The number of amides is 2. The van der Waals surface area contributed by atoms with Crippen LogP contribution in [-0.2, 0) is 42.8 Å². The van der Waals surface area contributed by atoms with E-state index in [1.165, 1.54) is 109 Å². The van der Waals surface area contributed by atoms with Crippen molar-refractivity contribution in [3.63, 3.8) is 0 Å². The fourth-order valence-electron chi connectivity index (χ4n) is 11.8. The van der Waals surface area contributed by atoms with Gasteiger partial charge in [0.15, 0.2) is 12.6 Å². The Kier molecular flexibility index (Phi) is 41.3. The van der Waals surface area contributed by atoms with E-state index >= 15 is 0 Å². The van der Waals surface area contributed by atoms with Crippen molar-refractivity contribution < 1.29 is 104 Å². The zero-order valence-corrected chi connectivity index (χ0v) is 52.9. The van der Waals surface area contributed by atoms with Crippen molar-refractivity contribution in [3.8, 4) is 0 Å². The molecule has 510 valence electrons. The molecule has 23 heteroatoms. The molecule has 0 aliphatic carbocycles. The summed E-state index contributed by atoms with van der Waals surface area (Å²) in [7, 11) is 0. The third-order valence-corrected chi connectivity index (χ3v) is 17.2. The number of aliphatic carboxylic acids is 1. The number of carboxylic acids is 1. The van der Waals surface area contributed by atoms with Gasteiger partial charge in [-0.05, 0) is 38.5 Å². The van der Waals surface area contributed by atoms with Gasteiger partial charge in [-0.3, -0.25) is 9.59 Å². The minimum atomic E-state index is -3.08. The minimum Gasteiger partial charge on any atom is -0.477 e. The average Bonchev–Trinajstić information content (AvgIpc) is 0.960. The number of nitrogens with one attached hydrogen (secondary N) is 2.